The van der Waals surface area contributed by atoms with Gasteiger partial charge in [0, 0.05) is 20.2 Å². The summed E-state index contributed by atoms with van der Waals surface area (Å²) in [4.78, 5) is 22.2. The first-order valence-corrected chi connectivity index (χ1v) is 7.86. The van der Waals surface area contributed by atoms with Crippen molar-refractivity contribution < 1.29 is 14.3 Å². The number of hydrogen-bond donors (Lipinski definition) is 2. The summed E-state index contributed by atoms with van der Waals surface area (Å²) in [6, 6.07) is 7.80. The Labute approximate surface area is 147 Å². The number of nitrogens with zero attached hydrogens (tertiary/aromatic N) is 3. The molecule has 1 amide bonds. The molecule has 0 aliphatic carbocycles. The van der Waals surface area contributed by atoms with Crippen molar-refractivity contribution in [2.45, 2.75) is 13.5 Å². The van der Waals surface area contributed by atoms with Gasteiger partial charge in [0.05, 0.1) is 13.3 Å². The van der Waals surface area contributed by atoms with Crippen molar-refractivity contribution in [2.24, 2.45) is 0 Å². The lowest BCUT2D eigenvalue weighted by Crippen LogP contribution is -2.25. The molecule has 1 aromatic carbocycles. The molecular formula is C17H23N5O3. The third-order valence-corrected chi connectivity index (χ3v) is 3.55. The molecule has 0 aliphatic rings. The quantitative estimate of drug-likeness (QED) is 0.750. The largest absolute Gasteiger partial charge is 0.497 e. The Morgan fingerprint density at radius 1 is 1.28 bits per heavy atom. The zero-order chi connectivity index (χ0) is 18.2. The van der Waals surface area contributed by atoms with E-state index in [1.54, 1.807) is 7.11 Å². The second-order valence-electron chi connectivity index (χ2n) is 5.31. The highest BCUT2D eigenvalue weighted by Gasteiger charge is 2.13. The molecule has 0 unspecified atom stereocenters. The van der Waals surface area contributed by atoms with Crippen LogP contribution in [0.3, 0.4) is 0 Å². The van der Waals surface area contributed by atoms with E-state index in [0.717, 1.165) is 11.3 Å². The number of nitrogens with one attached hydrogen (secondary N) is 1. The van der Waals surface area contributed by atoms with Crippen LogP contribution >= 0.6 is 0 Å². The average molecular weight is 345 g/mol. The molecule has 0 saturated heterocycles. The number of nitrogen functional groups attached to an aromatic ring is 1. The molecule has 2 rings (SSSR count). The molecule has 8 heteroatoms. The van der Waals surface area contributed by atoms with Crippen LogP contribution in [0.15, 0.2) is 30.5 Å². The number of rotatable bonds is 8. The molecule has 25 heavy (non-hydrogen) atoms. The number of anilines is 3. The molecular weight excluding hydrogens is 322 g/mol. The first-order valence-electron chi connectivity index (χ1n) is 7.86. The second-order valence-corrected chi connectivity index (χ2v) is 5.31. The molecule has 2 aromatic rings. The number of methoxy groups -OCH3 is 2. The van der Waals surface area contributed by atoms with Crippen molar-refractivity contribution in [1.29, 1.82) is 0 Å². The Kier molecular flexibility index (Phi) is 6.53. The van der Waals surface area contributed by atoms with Crippen LogP contribution in [0.25, 0.3) is 0 Å². The topological polar surface area (TPSA) is 103 Å². The summed E-state index contributed by atoms with van der Waals surface area (Å²) >= 11 is 0. The van der Waals surface area contributed by atoms with E-state index in [1.165, 1.54) is 13.3 Å². The third kappa shape index (κ3) is 5.05. The van der Waals surface area contributed by atoms with Crippen molar-refractivity contribution in [1.82, 2.24) is 9.97 Å². The minimum absolute atomic E-state index is 0.0558. The van der Waals surface area contributed by atoms with Crippen LogP contribution in [0.1, 0.15) is 12.5 Å². The summed E-state index contributed by atoms with van der Waals surface area (Å²) in [5.41, 5.74) is 7.41. The Hall–Kier alpha value is -2.87. The van der Waals surface area contributed by atoms with Crippen LogP contribution in [-0.2, 0) is 16.1 Å². The van der Waals surface area contributed by atoms with Crippen LogP contribution in [0.4, 0.5) is 17.5 Å². The van der Waals surface area contributed by atoms with Crippen molar-refractivity contribution in [3.05, 3.63) is 36.0 Å². The number of benzene rings is 1. The zero-order valence-electron chi connectivity index (χ0n) is 14.7. The van der Waals surface area contributed by atoms with Gasteiger partial charge in [-0.15, -0.1) is 0 Å². The maximum Gasteiger partial charge on any atom is 0.250 e. The fourth-order valence-electron chi connectivity index (χ4n) is 2.23. The number of hydrogen-bond acceptors (Lipinski definition) is 7. The summed E-state index contributed by atoms with van der Waals surface area (Å²) in [5.74, 6) is 1.21. The van der Waals surface area contributed by atoms with Gasteiger partial charge in [0.2, 0.25) is 11.9 Å². The highest BCUT2D eigenvalue weighted by atomic mass is 16.5. The van der Waals surface area contributed by atoms with Gasteiger partial charge in [0.1, 0.15) is 18.0 Å². The molecule has 0 spiro atoms. The fraction of sp³-hybridized carbons (Fsp3) is 0.353. The van der Waals surface area contributed by atoms with Gasteiger partial charge in [-0.3, -0.25) is 4.79 Å². The third-order valence-electron chi connectivity index (χ3n) is 3.55. The maximum atomic E-state index is 11.6. The molecule has 3 N–H and O–H groups in total. The lowest BCUT2D eigenvalue weighted by molar-refractivity contribution is -0.119. The van der Waals surface area contributed by atoms with Crippen LogP contribution in [0, 0.1) is 0 Å². The van der Waals surface area contributed by atoms with Gasteiger partial charge in [0.25, 0.3) is 0 Å². The van der Waals surface area contributed by atoms with E-state index in [-0.39, 0.29) is 18.3 Å². The number of carbonyl (C=O) groups excluding carboxylic acids is 1. The minimum Gasteiger partial charge on any atom is -0.497 e. The van der Waals surface area contributed by atoms with Gasteiger partial charge in [-0.2, -0.15) is 4.98 Å². The van der Waals surface area contributed by atoms with Gasteiger partial charge in [0.15, 0.2) is 5.82 Å². The first-order chi connectivity index (χ1) is 12.1. The van der Waals surface area contributed by atoms with Crippen LogP contribution in [0.5, 0.6) is 5.75 Å². The van der Waals surface area contributed by atoms with Gasteiger partial charge in [-0.1, -0.05) is 12.1 Å². The highest BCUT2D eigenvalue weighted by Crippen LogP contribution is 2.20. The predicted molar refractivity (Wildman–Crippen MR) is 96.7 cm³/mol. The number of ether oxygens (including phenoxy) is 2. The first kappa shape index (κ1) is 18.5. The number of nitrogens with two attached hydrogens (primary N) is 1. The maximum absolute atomic E-state index is 11.6. The molecule has 0 bridgehead atoms. The second kappa shape index (κ2) is 8.84. The molecule has 0 saturated carbocycles. The molecule has 0 radical (unpaired) electrons. The molecule has 1 heterocycles. The summed E-state index contributed by atoms with van der Waals surface area (Å²) in [5, 5.41) is 2.61. The Balaban J connectivity index is 2.11. The molecule has 0 fully saturated rings. The van der Waals surface area contributed by atoms with Crippen molar-refractivity contribution in [3.63, 3.8) is 0 Å². The van der Waals surface area contributed by atoms with E-state index in [1.807, 2.05) is 36.1 Å². The molecule has 0 aliphatic heterocycles. The highest BCUT2D eigenvalue weighted by molar-refractivity contribution is 5.93. The smallest absolute Gasteiger partial charge is 0.250 e. The SMILES string of the molecule is CCN(Cc1ccc(OC)cc1)c1ncc(NC(=O)COC)c(N)n1. The van der Waals surface area contributed by atoms with Gasteiger partial charge >= 0.3 is 0 Å². The molecule has 8 nitrogen and oxygen atoms in total. The number of aromatic nitrogens is 2. The van der Waals surface area contributed by atoms with E-state index < -0.39 is 0 Å². The summed E-state index contributed by atoms with van der Waals surface area (Å²) < 4.78 is 9.93. The van der Waals surface area contributed by atoms with E-state index in [2.05, 4.69) is 15.3 Å². The summed E-state index contributed by atoms with van der Waals surface area (Å²) in [7, 11) is 3.08. The number of amides is 1. The van der Waals surface area contributed by atoms with Crippen LogP contribution in [0.2, 0.25) is 0 Å². The summed E-state index contributed by atoms with van der Waals surface area (Å²) in [6.45, 7) is 3.30. The molecule has 0 atom stereocenters. The standard InChI is InChI=1S/C17H23N5O3/c1-4-22(10-12-5-7-13(25-3)8-6-12)17-19-9-14(16(18)21-17)20-15(23)11-24-2/h5-9H,4,10-11H2,1-3H3,(H,20,23)(H2,18,19,21). The van der Waals surface area contributed by atoms with Crippen molar-refractivity contribution in [3.8, 4) is 5.75 Å². The van der Waals surface area contributed by atoms with Crippen molar-refractivity contribution >= 4 is 23.4 Å². The van der Waals surface area contributed by atoms with E-state index in [9.17, 15) is 4.79 Å². The zero-order valence-corrected chi connectivity index (χ0v) is 14.7. The van der Waals surface area contributed by atoms with E-state index in [4.69, 9.17) is 15.2 Å². The van der Waals surface area contributed by atoms with E-state index in [0.29, 0.717) is 24.7 Å². The normalized spacial score (nSPS) is 10.4. The predicted octanol–water partition coefficient (Wildman–Crippen LogP) is 1.68. The van der Waals surface area contributed by atoms with Gasteiger partial charge in [-0.25, -0.2) is 4.98 Å². The Bertz CT molecular complexity index is 706. The fourth-order valence-corrected chi connectivity index (χ4v) is 2.23. The monoisotopic (exact) mass is 345 g/mol. The lowest BCUT2D eigenvalue weighted by Gasteiger charge is -2.21. The lowest BCUT2D eigenvalue weighted by atomic mass is 10.2. The van der Waals surface area contributed by atoms with Crippen LogP contribution < -0.4 is 20.7 Å². The van der Waals surface area contributed by atoms with Crippen LogP contribution in [-0.4, -0.2) is 43.2 Å². The Morgan fingerprint density at radius 2 is 2.00 bits per heavy atom. The summed E-state index contributed by atoms with van der Waals surface area (Å²) in [6.07, 6.45) is 1.50. The molecule has 1 aromatic heterocycles. The molecule has 134 valence electrons. The number of carbonyl (C=O) groups is 1. The average Bonchev–Trinajstić information content (AvgIpc) is 2.62. The minimum atomic E-state index is -0.309. The van der Waals surface area contributed by atoms with Crippen molar-refractivity contribution in [2.75, 3.05) is 43.3 Å². The van der Waals surface area contributed by atoms with Gasteiger partial charge in [-0.05, 0) is 24.6 Å². The Morgan fingerprint density at radius 3 is 2.56 bits per heavy atom. The van der Waals surface area contributed by atoms with Gasteiger partial charge < -0.3 is 25.4 Å². The van der Waals surface area contributed by atoms with E-state index >= 15 is 0 Å².